The number of amides is 2. The van der Waals surface area contributed by atoms with Crippen molar-refractivity contribution in [2.45, 2.75) is 32.8 Å². The number of nitrogens with zero attached hydrogens (tertiary/aromatic N) is 4. The third kappa shape index (κ3) is 4.28. The van der Waals surface area contributed by atoms with Gasteiger partial charge in [-0.2, -0.15) is 0 Å². The first-order valence-electron chi connectivity index (χ1n) is 10.00. The molecule has 0 N–H and O–H groups in total. The van der Waals surface area contributed by atoms with Crippen LogP contribution in [0.5, 0.6) is 0 Å². The van der Waals surface area contributed by atoms with Crippen LogP contribution in [0.1, 0.15) is 29.0 Å². The Bertz CT molecular complexity index is 1020. The fourth-order valence-corrected chi connectivity index (χ4v) is 3.78. The standard InChI is InChI=1S/C21H22F2N4O4/c1-12-15(13(2)30-24-12)10-20(28)26-5-7-27(8-6-26)21(29)19-11-18(25-31-19)16-9-14(22)3-4-17(16)23/h3-4,9,19H,5-8,10-11H2,1-2H3. The van der Waals surface area contributed by atoms with Gasteiger partial charge in [-0.1, -0.05) is 10.3 Å². The SMILES string of the molecule is Cc1noc(C)c1CC(=O)N1CCN(C(=O)C2CC(c3cc(F)ccc3F)=NO2)CC1. The maximum Gasteiger partial charge on any atom is 0.267 e. The highest BCUT2D eigenvalue weighted by molar-refractivity contribution is 6.04. The summed E-state index contributed by atoms with van der Waals surface area (Å²) >= 11 is 0. The normalized spacial score (nSPS) is 18.7. The summed E-state index contributed by atoms with van der Waals surface area (Å²) in [6, 6.07) is 3.07. The first-order chi connectivity index (χ1) is 14.8. The minimum Gasteiger partial charge on any atom is -0.382 e. The van der Waals surface area contributed by atoms with Crippen molar-refractivity contribution in [2.24, 2.45) is 5.16 Å². The summed E-state index contributed by atoms with van der Waals surface area (Å²) in [5.74, 6) is -0.920. The zero-order valence-corrected chi connectivity index (χ0v) is 17.2. The van der Waals surface area contributed by atoms with Crippen LogP contribution in [-0.2, 0) is 20.8 Å². The smallest absolute Gasteiger partial charge is 0.267 e. The van der Waals surface area contributed by atoms with Gasteiger partial charge in [-0.05, 0) is 32.0 Å². The van der Waals surface area contributed by atoms with Gasteiger partial charge in [-0.15, -0.1) is 0 Å². The van der Waals surface area contributed by atoms with Crippen LogP contribution in [0.25, 0.3) is 0 Å². The molecule has 0 radical (unpaired) electrons. The monoisotopic (exact) mass is 432 g/mol. The number of hydrogen-bond donors (Lipinski definition) is 0. The van der Waals surface area contributed by atoms with Gasteiger partial charge in [0.25, 0.3) is 5.91 Å². The van der Waals surface area contributed by atoms with E-state index in [0.29, 0.717) is 37.6 Å². The largest absolute Gasteiger partial charge is 0.382 e. The summed E-state index contributed by atoms with van der Waals surface area (Å²) < 4.78 is 32.5. The molecule has 3 heterocycles. The first kappa shape index (κ1) is 21.0. The van der Waals surface area contributed by atoms with Gasteiger partial charge in [0.15, 0.2) is 0 Å². The summed E-state index contributed by atoms with van der Waals surface area (Å²) in [5, 5.41) is 7.65. The summed E-state index contributed by atoms with van der Waals surface area (Å²) in [4.78, 5) is 33.9. The molecule has 1 unspecified atom stereocenters. The van der Waals surface area contributed by atoms with Crippen LogP contribution in [0.3, 0.4) is 0 Å². The predicted molar refractivity (Wildman–Crippen MR) is 105 cm³/mol. The molecule has 8 nitrogen and oxygen atoms in total. The minimum absolute atomic E-state index is 0.00922. The predicted octanol–water partition coefficient (Wildman–Crippen LogP) is 1.98. The molecular formula is C21H22F2N4O4. The summed E-state index contributed by atoms with van der Waals surface area (Å²) in [5.41, 5.74) is 1.68. The second-order valence-corrected chi connectivity index (χ2v) is 7.65. The molecule has 2 amide bonds. The summed E-state index contributed by atoms with van der Waals surface area (Å²) in [6.45, 7) is 5.07. The highest BCUT2D eigenvalue weighted by atomic mass is 19.1. The molecule has 10 heteroatoms. The molecule has 0 aliphatic carbocycles. The Balaban J connectivity index is 1.31. The summed E-state index contributed by atoms with van der Waals surface area (Å²) in [7, 11) is 0. The third-order valence-electron chi connectivity index (χ3n) is 5.64. The topological polar surface area (TPSA) is 88.2 Å². The lowest BCUT2D eigenvalue weighted by Crippen LogP contribution is -2.53. The van der Waals surface area contributed by atoms with Crippen LogP contribution in [0.2, 0.25) is 0 Å². The molecule has 0 spiro atoms. The lowest BCUT2D eigenvalue weighted by atomic mass is 10.0. The van der Waals surface area contributed by atoms with Crippen molar-refractivity contribution >= 4 is 17.5 Å². The number of benzene rings is 1. The van der Waals surface area contributed by atoms with E-state index in [2.05, 4.69) is 10.3 Å². The highest BCUT2D eigenvalue weighted by Gasteiger charge is 2.35. The van der Waals surface area contributed by atoms with Gasteiger partial charge in [-0.25, -0.2) is 8.78 Å². The van der Waals surface area contributed by atoms with Crippen LogP contribution >= 0.6 is 0 Å². The van der Waals surface area contributed by atoms with Gasteiger partial charge in [-0.3, -0.25) is 9.59 Å². The maximum absolute atomic E-state index is 14.0. The van der Waals surface area contributed by atoms with E-state index in [9.17, 15) is 18.4 Å². The molecule has 31 heavy (non-hydrogen) atoms. The average molecular weight is 432 g/mol. The number of aromatic nitrogens is 1. The second kappa shape index (κ2) is 8.44. The molecule has 2 aliphatic rings. The molecule has 1 fully saturated rings. The van der Waals surface area contributed by atoms with E-state index in [0.717, 1.165) is 23.8 Å². The number of piperazine rings is 1. The quantitative estimate of drug-likeness (QED) is 0.737. The lowest BCUT2D eigenvalue weighted by Gasteiger charge is -2.35. The van der Waals surface area contributed by atoms with E-state index in [1.807, 2.05) is 0 Å². The van der Waals surface area contributed by atoms with Crippen molar-refractivity contribution in [2.75, 3.05) is 26.2 Å². The van der Waals surface area contributed by atoms with Crippen LogP contribution in [0.4, 0.5) is 8.78 Å². The Kier molecular flexibility index (Phi) is 5.71. The van der Waals surface area contributed by atoms with Crippen molar-refractivity contribution < 1.29 is 27.7 Å². The average Bonchev–Trinajstić information content (AvgIpc) is 3.37. The van der Waals surface area contributed by atoms with Gasteiger partial charge >= 0.3 is 0 Å². The number of carbonyl (C=O) groups excluding carboxylic acids is 2. The van der Waals surface area contributed by atoms with Gasteiger partial charge in [0.05, 0.1) is 17.8 Å². The van der Waals surface area contributed by atoms with Gasteiger partial charge in [0.1, 0.15) is 17.4 Å². The Morgan fingerprint density at radius 2 is 1.84 bits per heavy atom. The van der Waals surface area contributed by atoms with Crippen LogP contribution in [-0.4, -0.2) is 64.8 Å². The van der Waals surface area contributed by atoms with Crippen LogP contribution < -0.4 is 0 Å². The first-order valence-corrected chi connectivity index (χ1v) is 10.00. The molecule has 4 rings (SSSR count). The van der Waals surface area contributed by atoms with E-state index in [-0.39, 0.29) is 35.9 Å². The van der Waals surface area contributed by atoms with E-state index in [1.165, 1.54) is 0 Å². The molecule has 2 aromatic rings. The molecular weight excluding hydrogens is 410 g/mol. The number of rotatable bonds is 4. The fourth-order valence-electron chi connectivity index (χ4n) is 3.78. The van der Waals surface area contributed by atoms with E-state index < -0.39 is 17.7 Å². The maximum atomic E-state index is 14.0. The molecule has 164 valence electrons. The zero-order chi connectivity index (χ0) is 22.1. The van der Waals surface area contributed by atoms with E-state index >= 15 is 0 Å². The molecule has 2 aliphatic heterocycles. The molecule has 0 saturated carbocycles. The molecule has 1 atom stereocenters. The van der Waals surface area contributed by atoms with Crippen molar-refractivity contribution in [3.05, 3.63) is 52.4 Å². The Hall–Kier alpha value is -3.30. The fraction of sp³-hybridized carbons (Fsp3) is 0.429. The zero-order valence-electron chi connectivity index (χ0n) is 17.2. The number of hydrogen-bond acceptors (Lipinski definition) is 6. The molecule has 1 saturated heterocycles. The molecule has 0 bridgehead atoms. The number of carbonyl (C=O) groups is 2. The van der Waals surface area contributed by atoms with Crippen LogP contribution in [0, 0.1) is 25.5 Å². The van der Waals surface area contributed by atoms with Gasteiger partial charge < -0.3 is 19.2 Å². The van der Waals surface area contributed by atoms with Crippen molar-refractivity contribution in [1.82, 2.24) is 15.0 Å². The Labute approximate surface area is 177 Å². The Morgan fingerprint density at radius 3 is 2.52 bits per heavy atom. The van der Waals surface area contributed by atoms with E-state index in [1.54, 1.807) is 23.6 Å². The van der Waals surface area contributed by atoms with Gasteiger partial charge in [0.2, 0.25) is 12.0 Å². The number of halogens is 2. The highest BCUT2D eigenvalue weighted by Crippen LogP contribution is 2.22. The van der Waals surface area contributed by atoms with E-state index in [4.69, 9.17) is 9.36 Å². The molecule has 1 aromatic carbocycles. The Morgan fingerprint density at radius 1 is 1.13 bits per heavy atom. The van der Waals surface area contributed by atoms with Crippen molar-refractivity contribution in [3.8, 4) is 0 Å². The molecule has 1 aromatic heterocycles. The van der Waals surface area contributed by atoms with Crippen LogP contribution in [0.15, 0.2) is 27.9 Å². The summed E-state index contributed by atoms with van der Waals surface area (Å²) in [6.07, 6.45) is -0.621. The lowest BCUT2D eigenvalue weighted by molar-refractivity contribution is -0.146. The second-order valence-electron chi connectivity index (χ2n) is 7.65. The minimum atomic E-state index is -0.887. The van der Waals surface area contributed by atoms with Gasteiger partial charge in [0, 0.05) is 43.7 Å². The third-order valence-corrected chi connectivity index (χ3v) is 5.64. The number of oxime groups is 1. The number of aryl methyl sites for hydroxylation is 2. The van der Waals surface area contributed by atoms with Crippen molar-refractivity contribution in [1.29, 1.82) is 0 Å². The van der Waals surface area contributed by atoms with Crippen molar-refractivity contribution in [3.63, 3.8) is 0 Å².